The molecule has 1 amide bonds. The molecule has 1 saturated heterocycles. The number of piperidine rings is 1. The van der Waals surface area contributed by atoms with Crippen molar-refractivity contribution < 1.29 is 9.53 Å². The third kappa shape index (κ3) is 5.52. The van der Waals surface area contributed by atoms with E-state index in [4.69, 9.17) is 10.5 Å². The molecule has 1 atom stereocenters. The van der Waals surface area contributed by atoms with E-state index in [1.165, 1.54) is 6.42 Å². The largest absolute Gasteiger partial charge is 0.445 e. The van der Waals surface area contributed by atoms with E-state index in [0.717, 1.165) is 44.6 Å². The quantitative estimate of drug-likeness (QED) is 0.839. The molecule has 2 rings (SSSR count). The molecule has 1 fully saturated rings. The van der Waals surface area contributed by atoms with Crippen LogP contribution < -0.4 is 5.73 Å². The Balaban J connectivity index is 1.90. The molecule has 1 heterocycles. The normalized spacial score (nSPS) is 18.2. The zero-order chi connectivity index (χ0) is 16.5. The summed E-state index contributed by atoms with van der Waals surface area (Å²) in [6.45, 7) is 6.63. The SMILES string of the molecule is CCN(CCN)C[C@H]1CCCCN1C(=O)OCc1ccccc1. The first kappa shape index (κ1) is 17.8. The molecule has 5 heteroatoms. The van der Waals surface area contributed by atoms with E-state index in [-0.39, 0.29) is 12.1 Å². The Morgan fingerprint density at radius 1 is 1.35 bits per heavy atom. The highest BCUT2D eigenvalue weighted by Crippen LogP contribution is 2.19. The average Bonchev–Trinajstić information content (AvgIpc) is 2.60. The number of nitrogens with zero attached hydrogens (tertiary/aromatic N) is 2. The number of likely N-dealkylation sites (N-methyl/N-ethyl adjacent to an activating group) is 1. The number of hydrogen-bond donors (Lipinski definition) is 1. The van der Waals surface area contributed by atoms with Crippen molar-refractivity contribution in [3.8, 4) is 0 Å². The van der Waals surface area contributed by atoms with Crippen LogP contribution in [0.2, 0.25) is 0 Å². The molecule has 1 aliphatic rings. The number of amides is 1. The summed E-state index contributed by atoms with van der Waals surface area (Å²) in [6.07, 6.45) is 3.08. The van der Waals surface area contributed by atoms with Crippen LogP contribution in [0.15, 0.2) is 30.3 Å². The number of nitrogens with two attached hydrogens (primary N) is 1. The van der Waals surface area contributed by atoms with Gasteiger partial charge < -0.3 is 20.3 Å². The predicted molar refractivity (Wildman–Crippen MR) is 92.1 cm³/mol. The average molecular weight is 319 g/mol. The van der Waals surface area contributed by atoms with Gasteiger partial charge in [-0.05, 0) is 31.4 Å². The number of hydrogen-bond acceptors (Lipinski definition) is 4. The maximum absolute atomic E-state index is 12.5. The fraction of sp³-hybridized carbons (Fsp3) is 0.611. The van der Waals surface area contributed by atoms with Crippen molar-refractivity contribution in [2.45, 2.75) is 38.8 Å². The van der Waals surface area contributed by atoms with Gasteiger partial charge in [0.2, 0.25) is 0 Å². The molecular formula is C18H29N3O2. The van der Waals surface area contributed by atoms with Gasteiger partial charge in [-0.15, -0.1) is 0 Å². The molecule has 0 spiro atoms. The Kier molecular flexibility index (Phi) is 7.36. The van der Waals surface area contributed by atoms with Crippen LogP contribution in [0, 0.1) is 0 Å². The number of ether oxygens (including phenoxy) is 1. The lowest BCUT2D eigenvalue weighted by atomic mass is 10.0. The fourth-order valence-corrected chi connectivity index (χ4v) is 3.09. The van der Waals surface area contributed by atoms with E-state index < -0.39 is 0 Å². The van der Waals surface area contributed by atoms with Crippen molar-refractivity contribution in [2.75, 3.05) is 32.7 Å². The van der Waals surface area contributed by atoms with E-state index >= 15 is 0 Å². The second kappa shape index (κ2) is 9.53. The highest BCUT2D eigenvalue weighted by Gasteiger charge is 2.28. The minimum Gasteiger partial charge on any atom is -0.445 e. The van der Waals surface area contributed by atoms with Crippen molar-refractivity contribution in [1.29, 1.82) is 0 Å². The lowest BCUT2D eigenvalue weighted by molar-refractivity contribution is 0.0572. The molecular weight excluding hydrogens is 290 g/mol. The number of carbonyl (C=O) groups excluding carboxylic acids is 1. The summed E-state index contributed by atoms with van der Waals surface area (Å²) in [7, 11) is 0. The first-order valence-electron chi connectivity index (χ1n) is 8.64. The maximum Gasteiger partial charge on any atom is 0.410 e. The Bertz CT molecular complexity index is 467. The van der Waals surface area contributed by atoms with Crippen LogP contribution in [0.4, 0.5) is 4.79 Å². The molecule has 2 N–H and O–H groups in total. The fourth-order valence-electron chi connectivity index (χ4n) is 3.09. The summed E-state index contributed by atoms with van der Waals surface area (Å²) in [5.74, 6) is 0. The predicted octanol–water partition coefficient (Wildman–Crippen LogP) is 2.46. The molecule has 0 aliphatic carbocycles. The van der Waals surface area contributed by atoms with Crippen LogP contribution >= 0.6 is 0 Å². The van der Waals surface area contributed by atoms with Crippen LogP contribution in [0.3, 0.4) is 0 Å². The van der Waals surface area contributed by atoms with E-state index in [1.54, 1.807) is 0 Å². The molecule has 0 bridgehead atoms. The van der Waals surface area contributed by atoms with Crippen molar-refractivity contribution in [3.05, 3.63) is 35.9 Å². The molecule has 0 radical (unpaired) electrons. The van der Waals surface area contributed by atoms with Gasteiger partial charge in [0.1, 0.15) is 6.61 Å². The van der Waals surface area contributed by atoms with Gasteiger partial charge in [0.25, 0.3) is 0 Å². The maximum atomic E-state index is 12.5. The Morgan fingerprint density at radius 2 is 2.13 bits per heavy atom. The summed E-state index contributed by atoms with van der Waals surface area (Å²) in [5.41, 5.74) is 6.69. The van der Waals surface area contributed by atoms with Crippen molar-refractivity contribution in [1.82, 2.24) is 9.80 Å². The van der Waals surface area contributed by atoms with Gasteiger partial charge in [0.15, 0.2) is 0 Å². The number of benzene rings is 1. The van der Waals surface area contributed by atoms with E-state index in [0.29, 0.717) is 13.2 Å². The molecule has 1 aromatic carbocycles. The monoisotopic (exact) mass is 319 g/mol. The lowest BCUT2D eigenvalue weighted by Gasteiger charge is -2.37. The summed E-state index contributed by atoms with van der Waals surface area (Å²) in [4.78, 5) is 16.7. The second-order valence-electron chi connectivity index (χ2n) is 6.07. The molecule has 5 nitrogen and oxygen atoms in total. The number of carbonyl (C=O) groups is 1. The van der Waals surface area contributed by atoms with Crippen LogP contribution in [-0.4, -0.2) is 54.7 Å². The molecule has 128 valence electrons. The van der Waals surface area contributed by atoms with E-state index in [2.05, 4.69) is 11.8 Å². The first-order chi connectivity index (χ1) is 11.2. The zero-order valence-electron chi connectivity index (χ0n) is 14.1. The summed E-state index contributed by atoms with van der Waals surface area (Å²) < 4.78 is 5.52. The third-order valence-electron chi connectivity index (χ3n) is 4.43. The zero-order valence-corrected chi connectivity index (χ0v) is 14.1. The second-order valence-corrected chi connectivity index (χ2v) is 6.07. The molecule has 1 aliphatic heterocycles. The van der Waals surface area contributed by atoms with Crippen LogP contribution in [-0.2, 0) is 11.3 Å². The molecule has 23 heavy (non-hydrogen) atoms. The highest BCUT2D eigenvalue weighted by atomic mass is 16.6. The Hall–Kier alpha value is -1.59. The Labute approximate surface area is 139 Å². The van der Waals surface area contributed by atoms with Gasteiger partial charge in [0, 0.05) is 32.2 Å². The Morgan fingerprint density at radius 3 is 2.83 bits per heavy atom. The van der Waals surface area contributed by atoms with Crippen LogP contribution in [0.1, 0.15) is 31.7 Å². The van der Waals surface area contributed by atoms with Gasteiger partial charge in [0.05, 0.1) is 0 Å². The summed E-state index contributed by atoms with van der Waals surface area (Å²) in [6, 6.07) is 10.1. The molecule has 1 aromatic rings. The van der Waals surface area contributed by atoms with Crippen LogP contribution in [0.25, 0.3) is 0 Å². The van der Waals surface area contributed by atoms with Crippen molar-refractivity contribution >= 4 is 6.09 Å². The van der Waals surface area contributed by atoms with Crippen LogP contribution in [0.5, 0.6) is 0 Å². The lowest BCUT2D eigenvalue weighted by Crippen LogP contribution is -2.50. The highest BCUT2D eigenvalue weighted by molar-refractivity contribution is 5.68. The minimum absolute atomic E-state index is 0.192. The van der Waals surface area contributed by atoms with Crippen molar-refractivity contribution in [3.63, 3.8) is 0 Å². The minimum atomic E-state index is -0.192. The van der Waals surface area contributed by atoms with Gasteiger partial charge in [-0.2, -0.15) is 0 Å². The molecule has 0 unspecified atom stereocenters. The van der Waals surface area contributed by atoms with Crippen molar-refractivity contribution in [2.24, 2.45) is 5.73 Å². The first-order valence-corrected chi connectivity index (χ1v) is 8.64. The molecule has 0 aromatic heterocycles. The smallest absolute Gasteiger partial charge is 0.410 e. The van der Waals surface area contributed by atoms with Gasteiger partial charge in [-0.3, -0.25) is 0 Å². The van der Waals surface area contributed by atoms with E-state index in [1.807, 2.05) is 35.2 Å². The summed E-state index contributed by atoms with van der Waals surface area (Å²) >= 11 is 0. The van der Waals surface area contributed by atoms with Gasteiger partial charge in [-0.1, -0.05) is 37.3 Å². The van der Waals surface area contributed by atoms with E-state index in [9.17, 15) is 4.79 Å². The topological polar surface area (TPSA) is 58.8 Å². The molecule has 0 saturated carbocycles. The van der Waals surface area contributed by atoms with Gasteiger partial charge >= 0.3 is 6.09 Å². The van der Waals surface area contributed by atoms with Gasteiger partial charge in [-0.25, -0.2) is 4.79 Å². The number of likely N-dealkylation sites (tertiary alicyclic amines) is 1. The summed E-state index contributed by atoms with van der Waals surface area (Å²) in [5, 5.41) is 0. The number of rotatable bonds is 7. The third-order valence-corrected chi connectivity index (χ3v) is 4.43. The standard InChI is InChI=1S/C18H29N3O2/c1-2-20(13-11-19)14-17-10-6-7-12-21(17)18(22)23-15-16-8-4-3-5-9-16/h3-5,8-9,17H,2,6-7,10-15,19H2,1H3/t17-/m1/s1.